The van der Waals surface area contributed by atoms with Gasteiger partial charge in [0.05, 0.1) is 0 Å². The molecule has 0 atom stereocenters. The molecular formula is C28H31NO2. The lowest BCUT2D eigenvalue weighted by Gasteiger charge is -2.33. The first-order valence-electron chi connectivity index (χ1n) is 11.4. The smallest absolute Gasteiger partial charge is 0.325 e. The number of likely N-dealkylation sites (tertiary alicyclic amines) is 1. The third-order valence-corrected chi connectivity index (χ3v) is 6.27. The van der Waals surface area contributed by atoms with Crippen LogP contribution in [0.25, 0.3) is 0 Å². The average molecular weight is 414 g/mol. The van der Waals surface area contributed by atoms with E-state index >= 15 is 0 Å². The monoisotopic (exact) mass is 413 g/mol. The molecule has 0 radical (unpaired) electrons. The van der Waals surface area contributed by atoms with Gasteiger partial charge < -0.3 is 4.74 Å². The van der Waals surface area contributed by atoms with Crippen molar-refractivity contribution >= 4 is 5.97 Å². The maximum absolute atomic E-state index is 13.9. The van der Waals surface area contributed by atoms with Crippen LogP contribution in [0.4, 0.5) is 0 Å². The number of rotatable bonds is 7. The Morgan fingerprint density at radius 2 is 1.10 bits per heavy atom. The summed E-state index contributed by atoms with van der Waals surface area (Å²) in [5, 5.41) is 0. The molecule has 3 heteroatoms. The predicted octanol–water partition coefficient (Wildman–Crippen LogP) is 5.44. The SMILES string of the molecule is O=C(OCCN1CCCCCC1)C(c1ccccc1)(c1ccccc1)c1ccccc1. The molecule has 0 N–H and O–H groups in total. The number of hydrogen-bond donors (Lipinski definition) is 0. The van der Waals surface area contributed by atoms with E-state index in [1.165, 1.54) is 25.7 Å². The number of carbonyl (C=O) groups excluding carboxylic acids is 1. The Hall–Kier alpha value is -2.91. The lowest BCUT2D eigenvalue weighted by atomic mass is 9.69. The Bertz CT molecular complexity index is 836. The molecule has 0 bridgehead atoms. The molecule has 0 saturated carbocycles. The van der Waals surface area contributed by atoms with Gasteiger partial charge in [0.1, 0.15) is 12.0 Å². The molecule has 1 saturated heterocycles. The maximum Gasteiger partial charge on any atom is 0.325 e. The van der Waals surface area contributed by atoms with Crippen molar-refractivity contribution in [2.24, 2.45) is 0 Å². The van der Waals surface area contributed by atoms with Gasteiger partial charge in [0.25, 0.3) is 0 Å². The summed E-state index contributed by atoms with van der Waals surface area (Å²) in [4.78, 5) is 16.4. The van der Waals surface area contributed by atoms with Crippen LogP contribution in [0, 0.1) is 0 Å². The summed E-state index contributed by atoms with van der Waals surface area (Å²) in [6.45, 7) is 3.39. The number of hydrogen-bond acceptors (Lipinski definition) is 3. The first-order valence-corrected chi connectivity index (χ1v) is 11.4. The second-order valence-corrected chi connectivity index (χ2v) is 8.24. The summed E-state index contributed by atoms with van der Waals surface area (Å²) in [6.07, 6.45) is 5.07. The normalized spacial score (nSPS) is 15.2. The molecule has 3 aromatic rings. The third-order valence-electron chi connectivity index (χ3n) is 6.27. The summed E-state index contributed by atoms with van der Waals surface area (Å²) >= 11 is 0. The fourth-order valence-electron chi connectivity index (χ4n) is 4.65. The highest BCUT2D eigenvalue weighted by atomic mass is 16.5. The first kappa shape index (κ1) is 21.3. The van der Waals surface area contributed by atoms with Gasteiger partial charge >= 0.3 is 5.97 Å². The molecule has 1 aliphatic rings. The molecule has 1 fully saturated rings. The van der Waals surface area contributed by atoms with E-state index in [2.05, 4.69) is 4.90 Å². The van der Waals surface area contributed by atoms with E-state index < -0.39 is 5.41 Å². The fourth-order valence-corrected chi connectivity index (χ4v) is 4.65. The van der Waals surface area contributed by atoms with Crippen molar-refractivity contribution in [3.05, 3.63) is 108 Å². The van der Waals surface area contributed by atoms with Crippen molar-refractivity contribution in [1.82, 2.24) is 4.90 Å². The second kappa shape index (κ2) is 10.4. The Balaban J connectivity index is 1.68. The Labute approximate surface area is 185 Å². The highest BCUT2D eigenvalue weighted by molar-refractivity contribution is 5.92. The molecule has 0 unspecified atom stereocenters. The standard InChI is InChI=1S/C28H31NO2/c30-27(31-23-22-29-20-12-1-2-13-21-29)28(24-14-6-3-7-15-24,25-16-8-4-9-17-25)26-18-10-5-11-19-26/h3-11,14-19H,1-2,12-13,20-23H2. The van der Waals surface area contributed by atoms with Gasteiger partial charge in [-0.15, -0.1) is 0 Å². The van der Waals surface area contributed by atoms with Crippen LogP contribution in [-0.4, -0.2) is 37.1 Å². The number of carbonyl (C=O) groups is 1. The maximum atomic E-state index is 13.9. The van der Waals surface area contributed by atoms with Crippen molar-refractivity contribution in [1.29, 1.82) is 0 Å². The van der Waals surface area contributed by atoms with E-state index in [9.17, 15) is 4.79 Å². The van der Waals surface area contributed by atoms with Crippen LogP contribution in [0.1, 0.15) is 42.4 Å². The molecular weight excluding hydrogens is 382 g/mol. The van der Waals surface area contributed by atoms with Crippen molar-refractivity contribution in [2.75, 3.05) is 26.2 Å². The van der Waals surface area contributed by atoms with Crippen LogP contribution >= 0.6 is 0 Å². The van der Waals surface area contributed by atoms with Gasteiger partial charge in [-0.1, -0.05) is 104 Å². The predicted molar refractivity (Wildman–Crippen MR) is 125 cm³/mol. The second-order valence-electron chi connectivity index (χ2n) is 8.24. The van der Waals surface area contributed by atoms with Gasteiger partial charge in [0, 0.05) is 6.54 Å². The van der Waals surface area contributed by atoms with Gasteiger partial charge in [0.2, 0.25) is 0 Å². The van der Waals surface area contributed by atoms with Crippen molar-refractivity contribution < 1.29 is 9.53 Å². The van der Waals surface area contributed by atoms with Gasteiger partial charge in [0.15, 0.2) is 0 Å². The minimum absolute atomic E-state index is 0.217. The van der Waals surface area contributed by atoms with Crippen LogP contribution in [0.15, 0.2) is 91.0 Å². The van der Waals surface area contributed by atoms with E-state index in [1.54, 1.807) is 0 Å². The third kappa shape index (κ3) is 4.72. The summed E-state index contributed by atoms with van der Waals surface area (Å²) < 4.78 is 6.03. The van der Waals surface area contributed by atoms with Crippen LogP contribution in [0.3, 0.4) is 0 Å². The van der Waals surface area contributed by atoms with Crippen molar-refractivity contribution in [2.45, 2.75) is 31.1 Å². The Morgan fingerprint density at radius 1 is 0.677 bits per heavy atom. The van der Waals surface area contributed by atoms with Gasteiger partial charge in [-0.2, -0.15) is 0 Å². The lowest BCUT2D eigenvalue weighted by molar-refractivity contribution is -0.147. The molecule has 3 aromatic carbocycles. The van der Waals surface area contributed by atoms with E-state index in [4.69, 9.17) is 4.74 Å². The van der Waals surface area contributed by atoms with Crippen LogP contribution in [0.5, 0.6) is 0 Å². The number of nitrogens with zero attached hydrogens (tertiary/aromatic N) is 1. The molecule has 0 spiro atoms. The van der Waals surface area contributed by atoms with Crippen LogP contribution in [0.2, 0.25) is 0 Å². The molecule has 4 rings (SSSR count). The van der Waals surface area contributed by atoms with Crippen molar-refractivity contribution in [3.8, 4) is 0 Å². The summed E-state index contributed by atoms with van der Waals surface area (Å²) in [7, 11) is 0. The molecule has 1 heterocycles. The number of esters is 1. The number of ether oxygens (including phenoxy) is 1. The highest BCUT2D eigenvalue weighted by Crippen LogP contribution is 2.40. The summed E-state index contributed by atoms with van der Waals surface area (Å²) in [5.74, 6) is -0.217. The number of benzene rings is 3. The fraction of sp³-hybridized carbons (Fsp3) is 0.321. The van der Waals surface area contributed by atoms with E-state index in [0.29, 0.717) is 6.61 Å². The van der Waals surface area contributed by atoms with Gasteiger partial charge in [-0.05, 0) is 42.6 Å². The minimum Gasteiger partial charge on any atom is -0.463 e. The molecule has 0 aliphatic carbocycles. The summed E-state index contributed by atoms with van der Waals surface area (Å²) in [6, 6.07) is 30.0. The zero-order chi connectivity index (χ0) is 21.4. The van der Waals surface area contributed by atoms with Crippen LogP contribution in [-0.2, 0) is 14.9 Å². The van der Waals surface area contributed by atoms with E-state index in [-0.39, 0.29) is 5.97 Å². The topological polar surface area (TPSA) is 29.5 Å². The van der Waals surface area contributed by atoms with Gasteiger partial charge in [-0.25, -0.2) is 0 Å². The van der Waals surface area contributed by atoms with Crippen LogP contribution < -0.4 is 0 Å². The highest BCUT2D eigenvalue weighted by Gasteiger charge is 2.45. The van der Waals surface area contributed by atoms with E-state index in [1.807, 2.05) is 91.0 Å². The van der Waals surface area contributed by atoms with Gasteiger partial charge in [-0.3, -0.25) is 9.69 Å². The van der Waals surface area contributed by atoms with E-state index in [0.717, 1.165) is 36.3 Å². The first-order chi connectivity index (χ1) is 15.3. The molecule has 0 aromatic heterocycles. The lowest BCUT2D eigenvalue weighted by Crippen LogP contribution is -2.41. The minimum atomic E-state index is -0.997. The average Bonchev–Trinajstić information content (AvgIpc) is 3.11. The molecule has 160 valence electrons. The Morgan fingerprint density at radius 3 is 1.52 bits per heavy atom. The molecule has 0 amide bonds. The quantitative estimate of drug-likeness (QED) is 0.382. The zero-order valence-electron chi connectivity index (χ0n) is 18.1. The molecule has 3 nitrogen and oxygen atoms in total. The zero-order valence-corrected chi connectivity index (χ0v) is 18.1. The largest absolute Gasteiger partial charge is 0.463 e. The molecule has 1 aliphatic heterocycles. The van der Waals surface area contributed by atoms with Crippen molar-refractivity contribution in [3.63, 3.8) is 0 Å². The summed E-state index contributed by atoms with van der Waals surface area (Å²) in [5.41, 5.74) is 1.77. The molecule has 31 heavy (non-hydrogen) atoms. The Kier molecular flexibility index (Phi) is 7.16.